The van der Waals surface area contributed by atoms with Gasteiger partial charge >= 0.3 is 19.8 Å². The van der Waals surface area contributed by atoms with Crippen LogP contribution in [-0.2, 0) is 32.7 Å². The van der Waals surface area contributed by atoms with Crippen LogP contribution in [-0.4, -0.2) is 49.3 Å². The zero-order valence-corrected chi connectivity index (χ0v) is 40.5. The summed E-state index contributed by atoms with van der Waals surface area (Å²) in [6.07, 6.45) is 54.6. The lowest BCUT2D eigenvalue weighted by Crippen LogP contribution is -2.29. The van der Waals surface area contributed by atoms with Gasteiger partial charge in [-0.25, -0.2) is 4.57 Å². The maximum absolute atomic E-state index is 12.6. The van der Waals surface area contributed by atoms with Crippen LogP contribution in [0.1, 0.15) is 245 Å². The lowest BCUT2D eigenvalue weighted by Gasteiger charge is -2.19. The van der Waals surface area contributed by atoms with E-state index in [1.165, 1.54) is 161 Å². The number of unbranched alkanes of at least 4 members (excludes halogenated alkanes) is 29. The number of rotatable bonds is 48. The molecule has 0 radical (unpaired) electrons. The maximum atomic E-state index is 12.6. The van der Waals surface area contributed by atoms with Crippen LogP contribution in [0.25, 0.3) is 0 Å². The minimum Gasteiger partial charge on any atom is -0.462 e. The van der Waals surface area contributed by atoms with Crippen molar-refractivity contribution in [2.75, 3.05) is 26.4 Å². The predicted molar refractivity (Wildman–Crippen MR) is 257 cm³/mol. The number of carbonyl (C=O) groups excluding carboxylic acids is 2. The predicted octanol–water partition coefficient (Wildman–Crippen LogP) is 15.3. The number of hydrogen-bond acceptors (Lipinski definition) is 8. The molecule has 0 aromatic heterocycles. The van der Waals surface area contributed by atoms with Gasteiger partial charge in [0, 0.05) is 19.4 Å². The van der Waals surface area contributed by atoms with Crippen molar-refractivity contribution >= 4 is 19.8 Å². The number of phosphoric ester groups is 1. The van der Waals surface area contributed by atoms with Gasteiger partial charge < -0.3 is 20.1 Å². The van der Waals surface area contributed by atoms with Crippen molar-refractivity contribution in [1.29, 1.82) is 0 Å². The molecular weight excluding hydrogens is 786 g/mol. The highest BCUT2D eigenvalue weighted by Gasteiger charge is 2.26. The molecule has 0 bridgehead atoms. The van der Waals surface area contributed by atoms with E-state index in [-0.39, 0.29) is 38.6 Å². The molecule has 0 saturated heterocycles. The van der Waals surface area contributed by atoms with E-state index in [2.05, 4.69) is 50.3 Å². The van der Waals surface area contributed by atoms with Crippen molar-refractivity contribution in [2.45, 2.75) is 251 Å². The van der Waals surface area contributed by atoms with Crippen LogP contribution in [0.2, 0.25) is 0 Å². The molecule has 0 aromatic rings. The minimum atomic E-state index is -4.38. The number of esters is 2. The SMILES string of the molecule is CCCCC/C=C\C/C=C\CCCCCCCCCCCC(=O)OC(COC(=O)CCCCCCCCCCC/C=C\CCCCCCCCCC)COP(=O)(O)OCCN. The van der Waals surface area contributed by atoms with Crippen LogP contribution < -0.4 is 5.73 Å². The van der Waals surface area contributed by atoms with E-state index in [0.717, 1.165) is 51.4 Å². The Bertz CT molecular complexity index is 1100. The lowest BCUT2D eigenvalue weighted by molar-refractivity contribution is -0.161. The molecule has 0 heterocycles. The molecule has 0 rings (SSSR count). The van der Waals surface area contributed by atoms with Crippen molar-refractivity contribution in [3.05, 3.63) is 36.5 Å². The Hall–Kier alpha value is -1.77. The summed E-state index contributed by atoms with van der Waals surface area (Å²) in [6.45, 7) is 3.73. The summed E-state index contributed by atoms with van der Waals surface area (Å²) in [5, 5.41) is 0. The smallest absolute Gasteiger partial charge is 0.462 e. The van der Waals surface area contributed by atoms with Gasteiger partial charge in [0.05, 0.1) is 13.2 Å². The number of hydrogen-bond donors (Lipinski definition) is 2. The van der Waals surface area contributed by atoms with Crippen LogP contribution in [0.5, 0.6) is 0 Å². The Kier molecular flexibility index (Phi) is 46.3. The normalized spacial score (nSPS) is 13.4. The van der Waals surface area contributed by atoms with Crippen molar-refractivity contribution < 1.29 is 37.6 Å². The van der Waals surface area contributed by atoms with Gasteiger partial charge in [-0.2, -0.15) is 0 Å². The highest BCUT2D eigenvalue weighted by molar-refractivity contribution is 7.47. The highest BCUT2D eigenvalue weighted by atomic mass is 31.2. The van der Waals surface area contributed by atoms with Crippen molar-refractivity contribution in [1.82, 2.24) is 0 Å². The van der Waals surface area contributed by atoms with E-state index in [0.29, 0.717) is 6.42 Å². The highest BCUT2D eigenvalue weighted by Crippen LogP contribution is 2.43. The van der Waals surface area contributed by atoms with Gasteiger partial charge in [0.15, 0.2) is 6.10 Å². The van der Waals surface area contributed by atoms with E-state index in [4.69, 9.17) is 24.3 Å². The molecule has 2 unspecified atom stereocenters. The number of carbonyl (C=O) groups is 2. The van der Waals surface area contributed by atoms with Gasteiger partial charge in [-0.3, -0.25) is 18.6 Å². The fraction of sp³-hybridized carbons (Fsp3) is 0.843. The molecule has 358 valence electrons. The van der Waals surface area contributed by atoms with Crippen LogP contribution in [0.15, 0.2) is 36.5 Å². The first-order valence-electron chi connectivity index (χ1n) is 25.5. The molecular formula is C51H96NO8P. The third-order valence-corrected chi connectivity index (χ3v) is 12.0. The largest absolute Gasteiger partial charge is 0.472 e. The van der Waals surface area contributed by atoms with Gasteiger partial charge in [-0.15, -0.1) is 0 Å². The Morgan fingerprint density at radius 2 is 0.852 bits per heavy atom. The summed E-state index contributed by atoms with van der Waals surface area (Å²) in [5.41, 5.74) is 5.37. The topological polar surface area (TPSA) is 134 Å². The van der Waals surface area contributed by atoms with Crippen molar-refractivity contribution in [2.24, 2.45) is 5.73 Å². The third kappa shape index (κ3) is 47.5. The average Bonchev–Trinajstić information content (AvgIpc) is 3.25. The Morgan fingerprint density at radius 3 is 1.30 bits per heavy atom. The first-order valence-corrected chi connectivity index (χ1v) is 27.0. The number of allylic oxidation sites excluding steroid dienone is 6. The monoisotopic (exact) mass is 882 g/mol. The molecule has 0 amide bonds. The van der Waals surface area contributed by atoms with E-state index in [9.17, 15) is 19.0 Å². The van der Waals surface area contributed by atoms with Crippen molar-refractivity contribution in [3.63, 3.8) is 0 Å². The van der Waals surface area contributed by atoms with Gasteiger partial charge in [0.1, 0.15) is 6.61 Å². The Balaban J connectivity index is 4.05. The molecule has 9 nitrogen and oxygen atoms in total. The fourth-order valence-corrected chi connectivity index (χ4v) is 7.96. The average molecular weight is 882 g/mol. The molecule has 61 heavy (non-hydrogen) atoms. The van der Waals surface area contributed by atoms with Gasteiger partial charge in [-0.05, 0) is 70.6 Å². The molecule has 0 aliphatic heterocycles. The third-order valence-electron chi connectivity index (χ3n) is 11.0. The summed E-state index contributed by atoms with van der Waals surface area (Å²) >= 11 is 0. The first-order chi connectivity index (χ1) is 29.8. The summed E-state index contributed by atoms with van der Waals surface area (Å²) in [7, 11) is -4.38. The van der Waals surface area contributed by atoms with E-state index in [1.54, 1.807) is 0 Å². The van der Waals surface area contributed by atoms with Gasteiger partial charge in [-0.1, -0.05) is 198 Å². The zero-order chi connectivity index (χ0) is 44.6. The quantitative estimate of drug-likeness (QED) is 0.0265. The van der Waals surface area contributed by atoms with E-state index < -0.39 is 26.5 Å². The Labute approximate surface area is 375 Å². The molecule has 0 fully saturated rings. The second kappa shape index (κ2) is 47.7. The Morgan fingerprint density at radius 1 is 0.492 bits per heavy atom. The van der Waals surface area contributed by atoms with Gasteiger partial charge in [0.25, 0.3) is 0 Å². The van der Waals surface area contributed by atoms with Crippen LogP contribution in [0, 0.1) is 0 Å². The number of phosphoric acid groups is 1. The summed E-state index contributed by atoms with van der Waals surface area (Å²) < 4.78 is 32.9. The zero-order valence-electron chi connectivity index (χ0n) is 39.7. The maximum Gasteiger partial charge on any atom is 0.472 e. The fourth-order valence-electron chi connectivity index (χ4n) is 7.19. The standard InChI is InChI=1S/C51H96NO8P/c1-3-5-7-9-11-13-15-17-19-21-23-24-26-27-29-31-33-35-37-39-41-43-50(53)57-47-49(48-59-61(55,56)58-46-45-52)60-51(54)44-42-40-38-36-34-32-30-28-25-22-20-18-16-14-12-10-8-6-4-2/h12,14,18,20-21,23,49H,3-11,13,15-17,19,22,24-48,52H2,1-2H3,(H,55,56)/b14-12-,20-18-,23-21-. The molecule has 0 spiro atoms. The molecule has 0 saturated carbocycles. The molecule has 3 N–H and O–H groups in total. The molecule has 0 aliphatic rings. The van der Waals surface area contributed by atoms with E-state index >= 15 is 0 Å². The van der Waals surface area contributed by atoms with E-state index in [1.807, 2.05) is 0 Å². The summed E-state index contributed by atoms with van der Waals surface area (Å²) in [6, 6.07) is 0. The van der Waals surface area contributed by atoms with Crippen molar-refractivity contribution in [3.8, 4) is 0 Å². The lowest BCUT2D eigenvalue weighted by atomic mass is 10.1. The minimum absolute atomic E-state index is 0.0526. The summed E-state index contributed by atoms with van der Waals surface area (Å²) in [5.74, 6) is -0.828. The molecule has 10 heteroatoms. The number of ether oxygens (including phenoxy) is 2. The first kappa shape index (κ1) is 59.2. The second-order valence-electron chi connectivity index (χ2n) is 17.0. The van der Waals surface area contributed by atoms with Crippen LogP contribution in [0.4, 0.5) is 0 Å². The summed E-state index contributed by atoms with van der Waals surface area (Å²) in [4.78, 5) is 35.0. The molecule has 0 aromatic carbocycles. The number of nitrogens with two attached hydrogens (primary N) is 1. The van der Waals surface area contributed by atoms with Gasteiger partial charge in [0.2, 0.25) is 0 Å². The van der Waals surface area contributed by atoms with Crippen LogP contribution >= 0.6 is 7.82 Å². The molecule has 2 atom stereocenters. The molecule has 0 aliphatic carbocycles. The van der Waals surface area contributed by atoms with Crippen LogP contribution in [0.3, 0.4) is 0 Å². The second-order valence-corrected chi connectivity index (χ2v) is 18.5.